The lowest BCUT2D eigenvalue weighted by molar-refractivity contribution is 0.317. The lowest BCUT2D eigenvalue weighted by atomic mass is 9.80. The van der Waals surface area contributed by atoms with Crippen molar-refractivity contribution in [1.82, 2.24) is 0 Å². The largest absolute Gasteiger partial charge is 0.504 e. The third-order valence-electron chi connectivity index (χ3n) is 5.09. The van der Waals surface area contributed by atoms with Crippen molar-refractivity contribution in [1.29, 1.82) is 0 Å². The molecule has 0 unspecified atom stereocenters. The molecule has 3 aromatic carbocycles. The number of phenolic OH excluding ortho intramolecular Hbond substituents is 1. The smallest absolute Gasteiger partial charge is 0.161 e. The van der Waals surface area contributed by atoms with Crippen LogP contribution in [0.3, 0.4) is 0 Å². The Morgan fingerprint density at radius 3 is 1.81 bits per heavy atom. The van der Waals surface area contributed by atoms with Crippen LogP contribution in [0.25, 0.3) is 0 Å². The van der Waals surface area contributed by atoms with Gasteiger partial charge >= 0.3 is 0 Å². The maximum absolute atomic E-state index is 10.1. The monoisotopic (exact) mass is 360 g/mol. The summed E-state index contributed by atoms with van der Waals surface area (Å²) in [5, 5.41) is 10.1. The van der Waals surface area contributed by atoms with E-state index in [0.717, 1.165) is 5.56 Å². The van der Waals surface area contributed by atoms with E-state index in [1.54, 1.807) is 6.07 Å². The Balaban J connectivity index is 2.23. The molecular weight excluding hydrogens is 332 g/mol. The Labute approximate surface area is 162 Å². The minimum Gasteiger partial charge on any atom is -0.504 e. The fourth-order valence-corrected chi connectivity index (χ4v) is 3.81. The molecule has 0 fully saturated rings. The molecule has 0 heterocycles. The second-order valence-corrected chi connectivity index (χ2v) is 7.31. The Kier molecular flexibility index (Phi) is 5.55. The first-order valence-corrected chi connectivity index (χ1v) is 9.50. The highest BCUT2D eigenvalue weighted by molar-refractivity contribution is 5.53. The van der Waals surface area contributed by atoms with Gasteiger partial charge in [-0.2, -0.15) is 0 Å². The predicted octanol–water partition coefficient (Wildman–Crippen LogP) is 6.20. The van der Waals surface area contributed by atoms with Gasteiger partial charge in [-0.05, 0) is 74.6 Å². The summed E-state index contributed by atoms with van der Waals surface area (Å²) in [6, 6.07) is 19.0. The van der Waals surface area contributed by atoms with E-state index in [9.17, 15) is 5.11 Å². The fraction of sp³-hybridized carbons (Fsp3) is 0.280. The summed E-state index contributed by atoms with van der Waals surface area (Å²) in [6.07, 6.45) is 0. The number of benzene rings is 3. The topological polar surface area (TPSA) is 29.5 Å². The number of rotatable bonds is 5. The molecule has 0 saturated heterocycles. The van der Waals surface area contributed by atoms with E-state index in [0.29, 0.717) is 12.4 Å². The number of phenols is 1. The Bertz CT molecular complexity index is 905. The van der Waals surface area contributed by atoms with Crippen molar-refractivity contribution in [2.24, 2.45) is 0 Å². The molecule has 27 heavy (non-hydrogen) atoms. The van der Waals surface area contributed by atoms with Crippen LogP contribution in [-0.2, 0) is 0 Å². The zero-order valence-corrected chi connectivity index (χ0v) is 16.8. The molecular formula is C25H28O2. The number of hydrogen-bond donors (Lipinski definition) is 1. The molecule has 0 aliphatic carbocycles. The molecule has 140 valence electrons. The molecule has 0 radical (unpaired) electrons. The van der Waals surface area contributed by atoms with Crippen LogP contribution < -0.4 is 4.74 Å². The fourth-order valence-electron chi connectivity index (χ4n) is 3.81. The maximum atomic E-state index is 10.1. The first-order valence-electron chi connectivity index (χ1n) is 9.50. The van der Waals surface area contributed by atoms with Crippen molar-refractivity contribution in [2.75, 3.05) is 6.61 Å². The van der Waals surface area contributed by atoms with E-state index in [2.05, 4.69) is 64.1 Å². The van der Waals surface area contributed by atoms with Crippen LogP contribution in [0.2, 0.25) is 0 Å². The molecule has 0 bridgehead atoms. The third kappa shape index (κ3) is 4.00. The van der Waals surface area contributed by atoms with Crippen molar-refractivity contribution in [3.63, 3.8) is 0 Å². The summed E-state index contributed by atoms with van der Waals surface area (Å²) in [6.45, 7) is 11.0. The van der Waals surface area contributed by atoms with Gasteiger partial charge in [0.2, 0.25) is 0 Å². The highest BCUT2D eigenvalue weighted by Gasteiger charge is 2.22. The summed E-state index contributed by atoms with van der Waals surface area (Å²) in [4.78, 5) is 0. The van der Waals surface area contributed by atoms with Gasteiger partial charge in [0.1, 0.15) is 0 Å². The van der Waals surface area contributed by atoms with E-state index in [1.165, 1.54) is 33.4 Å². The number of hydrogen-bond acceptors (Lipinski definition) is 2. The molecule has 3 aromatic rings. The van der Waals surface area contributed by atoms with Crippen molar-refractivity contribution in [2.45, 2.75) is 40.5 Å². The van der Waals surface area contributed by atoms with Gasteiger partial charge in [0.15, 0.2) is 11.5 Å². The van der Waals surface area contributed by atoms with Crippen molar-refractivity contribution in [3.8, 4) is 11.5 Å². The van der Waals surface area contributed by atoms with E-state index >= 15 is 0 Å². The number of aryl methyl sites for hydroxylation is 4. The first-order chi connectivity index (χ1) is 12.9. The SMILES string of the molecule is CCOc1cc(C(c2ccc(C)cc2C)c2ccc(C)cc2C)ccc1O. The number of aromatic hydroxyl groups is 1. The van der Waals surface area contributed by atoms with Gasteiger partial charge in [-0.15, -0.1) is 0 Å². The highest BCUT2D eigenvalue weighted by Crippen LogP contribution is 2.39. The Hall–Kier alpha value is -2.74. The van der Waals surface area contributed by atoms with Crippen LogP contribution in [-0.4, -0.2) is 11.7 Å². The van der Waals surface area contributed by atoms with E-state index < -0.39 is 0 Å². The van der Waals surface area contributed by atoms with Crippen molar-refractivity contribution >= 4 is 0 Å². The molecule has 0 aliphatic heterocycles. The molecule has 2 heteroatoms. The highest BCUT2D eigenvalue weighted by atomic mass is 16.5. The van der Waals surface area contributed by atoms with E-state index in [-0.39, 0.29) is 11.7 Å². The minimum absolute atomic E-state index is 0.0889. The van der Waals surface area contributed by atoms with Crippen LogP contribution in [0.15, 0.2) is 54.6 Å². The van der Waals surface area contributed by atoms with Gasteiger partial charge in [0.05, 0.1) is 6.61 Å². The first kappa shape index (κ1) is 19.0. The third-order valence-corrected chi connectivity index (χ3v) is 5.09. The van der Waals surface area contributed by atoms with Gasteiger partial charge in [-0.1, -0.05) is 53.6 Å². The second-order valence-electron chi connectivity index (χ2n) is 7.31. The number of ether oxygens (including phenoxy) is 1. The van der Waals surface area contributed by atoms with Gasteiger partial charge in [0, 0.05) is 5.92 Å². The summed E-state index contributed by atoms with van der Waals surface area (Å²) in [7, 11) is 0. The van der Waals surface area contributed by atoms with Crippen molar-refractivity contribution in [3.05, 3.63) is 93.5 Å². The normalized spacial score (nSPS) is 11.0. The van der Waals surface area contributed by atoms with Crippen LogP contribution in [0.5, 0.6) is 11.5 Å². The summed E-state index contributed by atoms with van der Waals surface area (Å²) < 4.78 is 5.65. The average Bonchev–Trinajstić information content (AvgIpc) is 2.61. The molecule has 0 aliphatic rings. The van der Waals surface area contributed by atoms with E-state index in [1.807, 2.05) is 19.1 Å². The lowest BCUT2D eigenvalue weighted by Crippen LogP contribution is -2.08. The van der Waals surface area contributed by atoms with Crippen LogP contribution in [0, 0.1) is 27.7 Å². The maximum Gasteiger partial charge on any atom is 0.161 e. The summed E-state index contributed by atoms with van der Waals surface area (Å²) in [5.74, 6) is 0.807. The molecule has 0 amide bonds. The summed E-state index contributed by atoms with van der Waals surface area (Å²) >= 11 is 0. The van der Waals surface area contributed by atoms with Gasteiger partial charge < -0.3 is 9.84 Å². The molecule has 0 saturated carbocycles. The van der Waals surface area contributed by atoms with Crippen LogP contribution in [0.1, 0.15) is 51.8 Å². The van der Waals surface area contributed by atoms with Crippen LogP contribution >= 0.6 is 0 Å². The van der Waals surface area contributed by atoms with Crippen LogP contribution in [0.4, 0.5) is 0 Å². The van der Waals surface area contributed by atoms with E-state index in [4.69, 9.17) is 4.74 Å². The average molecular weight is 360 g/mol. The lowest BCUT2D eigenvalue weighted by Gasteiger charge is -2.24. The molecule has 0 atom stereocenters. The van der Waals surface area contributed by atoms with Gasteiger partial charge in [-0.25, -0.2) is 0 Å². The standard InChI is InChI=1S/C25H28O2/c1-6-27-24-15-20(9-12-23(24)26)25(21-10-7-16(2)13-18(21)4)22-11-8-17(3)14-19(22)5/h7-15,25-26H,6H2,1-5H3. The molecule has 3 rings (SSSR count). The zero-order valence-electron chi connectivity index (χ0n) is 16.8. The molecule has 1 N–H and O–H groups in total. The van der Waals surface area contributed by atoms with Gasteiger partial charge in [0.25, 0.3) is 0 Å². The minimum atomic E-state index is 0.0889. The quantitative estimate of drug-likeness (QED) is 0.549. The zero-order chi connectivity index (χ0) is 19.6. The molecule has 0 aromatic heterocycles. The Morgan fingerprint density at radius 1 is 0.778 bits per heavy atom. The molecule has 0 spiro atoms. The predicted molar refractivity (Wildman–Crippen MR) is 112 cm³/mol. The summed E-state index contributed by atoms with van der Waals surface area (Å²) in [5.41, 5.74) is 8.74. The van der Waals surface area contributed by atoms with Crippen molar-refractivity contribution < 1.29 is 9.84 Å². The second kappa shape index (κ2) is 7.87. The molecule has 2 nitrogen and oxygen atoms in total. The van der Waals surface area contributed by atoms with Gasteiger partial charge in [-0.3, -0.25) is 0 Å². The Morgan fingerprint density at radius 2 is 1.33 bits per heavy atom.